The SMILES string of the molecule is C#N.CCCCCS(=O)(=O)CCCCC. The third kappa shape index (κ3) is 13.4. The van der Waals surface area contributed by atoms with Gasteiger partial charge in [-0.15, -0.1) is 0 Å². The lowest BCUT2D eigenvalue weighted by Crippen LogP contribution is -2.10. The van der Waals surface area contributed by atoms with Gasteiger partial charge in [-0.05, 0) is 12.8 Å². The van der Waals surface area contributed by atoms with E-state index in [-0.39, 0.29) is 0 Å². The van der Waals surface area contributed by atoms with Crippen molar-refractivity contribution in [2.24, 2.45) is 0 Å². The Morgan fingerprint density at radius 1 is 0.867 bits per heavy atom. The zero-order valence-corrected chi connectivity index (χ0v) is 10.7. The van der Waals surface area contributed by atoms with Crippen LogP contribution in [-0.4, -0.2) is 19.9 Å². The van der Waals surface area contributed by atoms with E-state index < -0.39 is 9.84 Å². The lowest BCUT2D eigenvalue weighted by molar-refractivity contribution is 0.586. The first-order valence-corrected chi connectivity index (χ1v) is 7.40. The monoisotopic (exact) mass is 233 g/mol. The summed E-state index contributed by atoms with van der Waals surface area (Å²) in [6, 6.07) is 0. The molecule has 15 heavy (non-hydrogen) atoms. The number of sulfone groups is 1. The third-order valence-corrected chi connectivity index (χ3v) is 3.94. The van der Waals surface area contributed by atoms with Crippen LogP contribution < -0.4 is 0 Å². The van der Waals surface area contributed by atoms with Gasteiger partial charge in [-0.1, -0.05) is 39.5 Å². The normalized spacial score (nSPS) is 10.4. The van der Waals surface area contributed by atoms with E-state index >= 15 is 0 Å². The lowest BCUT2D eigenvalue weighted by atomic mass is 10.3. The minimum Gasteiger partial charge on any atom is -0.229 e. The molecular formula is C11H23NO2S. The highest BCUT2D eigenvalue weighted by atomic mass is 32.2. The molecule has 0 amide bonds. The van der Waals surface area contributed by atoms with Crippen LogP contribution in [0.25, 0.3) is 0 Å². The second kappa shape index (κ2) is 11.5. The number of unbranched alkanes of at least 4 members (excludes halogenated alkanes) is 4. The molecular weight excluding hydrogens is 210 g/mol. The van der Waals surface area contributed by atoms with Crippen molar-refractivity contribution in [3.8, 4) is 6.57 Å². The number of rotatable bonds is 8. The maximum atomic E-state index is 11.4. The van der Waals surface area contributed by atoms with Gasteiger partial charge in [0.25, 0.3) is 0 Å². The van der Waals surface area contributed by atoms with E-state index in [9.17, 15) is 8.42 Å². The Labute approximate surface area is 94.4 Å². The fourth-order valence-corrected chi connectivity index (χ4v) is 2.74. The summed E-state index contributed by atoms with van der Waals surface area (Å²) >= 11 is 0. The predicted octanol–water partition coefficient (Wildman–Crippen LogP) is 2.92. The Kier molecular flexibility index (Phi) is 12.9. The zero-order valence-electron chi connectivity index (χ0n) is 9.91. The van der Waals surface area contributed by atoms with Gasteiger partial charge in [-0.25, -0.2) is 13.7 Å². The molecule has 0 N–H and O–H groups in total. The minimum absolute atomic E-state index is 0.393. The highest BCUT2D eigenvalue weighted by Crippen LogP contribution is 2.04. The first-order chi connectivity index (χ1) is 7.12. The fourth-order valence-electron chi connectivity index (χ4n) is 1.25. The molecule has 3 nitrogen and oxygen atoms in total. The molecule has 0 aliphatic carbocycles. The lowest BCUT2D eigenvalue weighted by Gasteiger charge is -2.02. The van der Waals surface area contributed by atoms with Crippen LogP contribution in [0.4, 0.5) is 0 Å². The van der Waals surface area contributed by atoms with Gasteiger partial charge in [0, 0.05) is 6.57 Å². The largest absolute Gasteiger partial charge is 0.229 e. The molecule has 90 valence electrons. The van der Waals surface area contributed by atoms with Crippen LogP contribution in [-0.2, 0) is 9.84 Å². The highest BCUT2D eigenvalue weighted by Gasteiger charge is 2.08. The van der Waals surface area contributed by atoms with E-state index in [0.29, 0.717) is 11.5 Å². The Balaban J connectivity index is 0. The molecule has 0 aromatic heterocycles. The van der Waals surface area contributed by atoms with Crippen LogP contribution >= 0.6 is 0 Å². The molecule has 0 rings (SSSR count). The Morgan fingerprint density at radius 3 is 1.47 bits per heavy atom. The second-order valence-electron chi connectivity index (χ2n) is 3.57. The van der Waals surface area contributed by atoms with E-state index in [0.717, 1.165) is 38.5 Å². The van der Waals surface area contributed by atoms with Crippen LogP contribution in [0.15, 0.2) is 0 Å². The van der Waals surface area contributed by atoms with E-state index in [1.165, 1.54) is 0 Å². The average Bonchev–Trinajstić information content (AvgIpc) is 2.21. The van der Waals surface area contributed by atoms with Crippen molar-refractivity contribution in [3.63, 3.8) is 0 Å². The average molecular weight is 233 g/mol. The summed E-state index contributed by atoms with van der Waals surface area (Å²) in [5, 5.41) is 6.50. The van der Waals surface area contributed by atoms with E-state index in [2.05, 4.69) is 20.4 Å². The van der Waals surface area contributed by atoms with Gasteiger partial charge in [0.15, 0.2) is 0 Å². The molecule has 0 bridgehead atoms. The number of hydrogen-bond acceptors (Lipinski definition) is 3. The molecule has 0 aliphatic rings. The molecule has 0 atom stereocenters. The molecule has 0 heterocycles. The maximum absolute atomic E-state index is 11.4. The smallest absolute Gasteiger partial charge is 0.150 e. The first-order valence-electron chi connectivity index (χ1n) is 5.58. The second-order valence-corrected chi connectivity index (χ2v) is 5.87. The molecule has 0 saturated heterocycles. The summed E-state index contributed by atoms with van der Waals surface area (Å²) in [6.07, 6.45) is 5.92. The van der Waals surface area contributed by atoms with Crippen molar-refractivity contribution >= 4 is 9.84 Å². The van der Waals surface area contributed by atoms with Gasteiger partial charge in [-0.2, -0.15) is 0 Å². The Hall–Kier alpha value is -0.560. The van der Waals surface area contributed by atoms with Crippen molar-refractivity contribution in [2.75, 3.05) is 11.5 Å². The summed E-state index contributed by atoms with van der Waals surface area (Å²) in [7, 11) is -2.73. The molecule has 0 saturated carbocycles. The predicted molar refractivity (Wildman–Crippen MR) is 64.4 cm³/mol. The zero-order chi connectivity index (χ0) is 12.2. The van der Waals surface area contributed by atoms with Crippen LogP contribution in [0.2, 0.25) is 0 Å². The summed E-state index contributed by atoms with van der Waals surface area (Å²) in [5.41, 5.74) is 0. The molecule has 0 fully saturated rings. The van der Waals surface area contributed by atoms with E-state index in [1.807, 2.05) is 0 Å². The Bertz CT molecular complexity index is 216. The van der Waals surface area contributed by atoms with Crippen molar-refractivity contribution < 1.29 is 8.42 Å². The van der Waals surface area contributed by atoms with Gasteiger partial charge in [-0.3, -0.25) is 0 Å². The number of hydrogen-bond donors (Lipinski definition) is 0. The standard InChI is InChI=1S/C10H22O2S.CHN/c1-3-5-7-9-13(11,12)10-8-6-4-2;1-2/h3-10H2,1-2H3;1H. The van der Waals surface area contributed by atoms with Crippen molar-refractivity contribution in [1.82, 2.24) is 0 Å². The quantitative estimate of drug-likeness (QED) is 0.606. The van der Waals surface area contributed by atoms with Crippen LogP contribution in [0.1, 0.15) is 52.4 Å². The van der Waals surface area contributed by atoms with Gasteiger partial charge >= 0.3 is 0 Å². The Morgan fingerprint density at radius 2 is 1.20 bits per heavy atom. The molecule has 4 heteroatoms. The summed E-state index contributed by atoms with van der Waals surface area (Å²) < 4.78 is 22.8. The molecule has 0 aromatic rings. The van der Waals surface area contributed by atoms with Gasteiger partial charge in [0.1, 0.15) is 9.84 Å². The first kappa shape index (κ1) is 16.9. The molecule has 0 aliphatic heterocycles. The van der Waals surface area contributed by atoms with E-state index in [4.69, 9.17) is 5.26 Å². The number of nitrogens with zero attached hydrogens (tertiary/aromatic N) is 1. The topological polar surface area (TPSA) is 57.9 Å². The van der Waals surface area contributed by atoms with Crippen LogP contribution in [0.5, 0.6) is 0 Å². The van der Waals surface area contributed by atoms with Crippen molar-refractivity contribution in [1.29, 1.82) is 5.26 Å². The van der Waals surface area contributed by atoms with Crippen LogP contribution in [0, 0.1) is 11.8 Å². The fraction of sp³-hybridized carbons (Fsp3) is 0.909. The van der Waals surface area contributed by atoms with Crippen LogP contribution in [0.3, 0.4) is 0 Å². The summed E-state index contributed by atoms with van der Waals surface area (Å²) in [5.74, 6) is 0.787. The van der Waals surface area contributed by atoms with Crippen molar-refractivity contribution in [3.05, 3.63) is 0 Å². The third-order valence-electron chi connectivity index (χ3n) is 2.12. The molecule has 0 spiro atoms. The summed E-state index contributed by atoms with van der Waals surface area (Å²) in [6.45, 7) is 7.67. The minimum atomic E-state index is -2.73. The molecule has 0 unspecified atom stereocenters. The maximum Gasteiger partial charge on any atom is 0.150 e. The molecule has 0 radical (unpaired) electrons. The summed E-state index contributed by atoms with van der Waals surface area (Å²) in [4.78, 5) is 0. The highest BCUT2D eigenvalue weighted by molar-refractivity contribution is 7.91. The van der Waals surface area contributed by atoms with Gasteiger partial charge in [0.2, 0.25) is 0 Å². The van der Waals surface area contributed by atoms with Crippen molar-refractivity contribution in [2.45, 2.75) is 52.4 Å². The van der Waals surface area contributed by atoms with Gasteiger partial charge in [0.05, 0.1) is 11.5 Å². The number of nitriles is 1. The van der Waals surface area contributed by atoms with Gasteiger partial charge < -0.3 is 0 Å². The van der Waals surface area contributed by atoms with E-state index in [1.54, 1.807) is 0 Å². The molecule has 0 aromatic carbocycles.